The van der Waals surface area contributed by atoms with Gasteiger partial charge in [-0.05, 0) is 43.3 Å². The molecule has 2 aromatic carbocycles. The van der Waals surface area contributed by atoms with Crippen LogP contribution in [0.25, 0.3) is 10.9 Å². The van der Waals surface area contributed by atoms with Crippen molar-refractivity contribution in [1.82, 2.24) is 4.98 Å². The summed E-state index contributed by atoms with van der Waals surface area (Å²) >= 11 is 0. The van der Waals surface area contributed by atoms with Gasteiger partial charge >= 0.3 is 0 Å². The van der Waals surface area contributed by atoms with Gasteiger partial charge in [-0.25, -0.2) is 0 Å². The lowest BCUT2D eigenvalue weighted by atomic mass is 10.0. The van der Waals surface area contributed by atoms with Crippen LogP contribution in [0.4, 0.5) is 0 Å². The van der Waals surface area contributed by atoms with E-state index in [1.54, 1.807) is 36.4 Å². The highest BCUT2D eigenvalue weighted by atomic mass is 16.7. The number of carbonyl (C=O) groups is 1. The van der Waals surface area contributed by atoms with E-state index in [4.69, 9.17) is 14.2 Å². The summed E-state index contributed by atoms with van der Waals surface area (Å²) < 4.78 is 16.0. The van der Waals surface area contributed by atoms with Gasteiger partial charge in [0.05, 0.1) is 12.2 Å². The van der Waals surface area contributed by atoms with Crippen LogP contribution < -0.4 is 19.6 Å². The Bertz CT molecular complexity index is 1040. The van der Waals surface area contributed by atoms with Crippen LogP contribution in [0.2, 0.25) is 0 Å². The zero-order valence-electron chi connectivity index (χ0n) is 13.5. The second kappa shape index (κ2) is 5.98. The van der Waals surface area contributed by atoms with Crippen LogP contribution in [0.5, 0.6) is 17.2 Å². The van der Waals surface area contributed by atoms with Gasteiger partial charge in [0.25, 0.3) is 0 Å². The predicted molar refractivity (Wildman–Crippen MR) is 91.7 cm³/mol. The highest BCUT2D eigenvalue weighted by molar-refractivity contribution is 6.10. The highest BCUT2D eigenvalue weighted by Crippen LogP contribution is 2.33. The molecule has 25 heavy (non-hydrogen) atoms. The van der Waals surface area contributed by atoms with Crippen molar-refractivity contribution in [2.45, 2.75) is 6.92 Å². The summed E-state index contributed by atoms with van der Waals surface area (Å²) in [5, 5.41) is 0.414. The fourth-order valence-electron chi connectivity index (χ4n) is 2.82. The number of aromatic amines is 1. The molecule has 0 aliphatic carbocycles. The third-order valence-corrected chi connectivity index (χ3v) is 4.04. The van der Waals surface area contributed by atoms with Crippen LogP contribution in [0, 0.1) is 0 Å². The first-order valence-electron chi connectivity index (χ1n) is 7.90. The summed E-state index contributed by atoms with van der Waals surface area (Å²) in [5.74, 6) is 1.31. The average Bonchev–Trinajstić information content (AvgIpc) is 3.10. The van der Waals surface area contributed by atoms with E-state index in [0.29, 0.717) is 40.3 Å². The minimum Gasteiger partial charge on any atom is -0.494 e. The normalized spacial score (nSPS) is 12.4. The molecular weight excluding hydrogens is 322 g/mol. The van der Waals surface area contributed by atoms with Crippen LogP contribution in [-0.4, -0.2) is 24.2 Å². The highest BCUT2D eigenvalue weighted by Gasteiger charge is 2.20. The molecule has 0 saturated heterocycles. The van der Waals surface area contributed by atoms with Crippen LogP contribution in [0.15, 0.2) is 47.4 Å². The summed E-state index contributed by atoms with van der Waals surface area (Å²) in [6.07, 6.45) is 1.44. The third-order valence-electron chi connectivity index (χ3n) is 4.04. The Labute approximate surface area is 143 Å². The quantitative estimate of drug-likeness (QED) is 0.741. The second-order valence-corrected chi connectivity index (χ2v) is 5.57. The van der Waals surface area contributed by atoms with Crippen molar-refractivity contribution in [2.24, 2.45) is 0 Å². The minimum absolute atomic E-state index is 0.0695. The molecule has 1 aliphatic heterocycles. The molecule has 0 radical (unpaired) electrons. The first-order valence-corrected chi connectivity index (χ1v) is 7.90. The molecule has 0 unspecified atom stereocenters. The lowest BCUT2D eigenvalue weighted by Gasteiger charge is -2.07. The number of ketones is 1. The standard InChI is InChI=1S/C19H15NO5/c1-2-23-12-4-5-15-13(8-12)19(22)14(9-20-15)18(21)11-3-6-16-17(7-11)25-10-24-16/h3-9H,2,10H2,1H3,(H,20,22). The van der Waals surface area contributed by atoms with Gasteiger partial charge in [-0.2, -0.15) is 0 Å². The molecule has 4 rings (SSSR count). The van der Waals surface area contributed by atoms with Gasteiger partial charge in [0.15, 0.2) is 17.3 Å². The number of aromatic nitrogens is 1. The summed E-state index contributed by atoms with van der Waals surface area (Å²) in [4.78, 5) is 28.6. The number of benzene rings is 2. The maximum atomic E-state index is 12.8. The monoisotopic (exact) mass is 337 g/mol. The molecule has 1 aliphatic rings. The van der Waals surface area contributed by atoms with Crippen molar-refractivity contribution in [2.75, 3.05) is 13.4 Å². The van der Waals surface area contributed by atoms with E-state index in [0.717, 1.165) is 0 Å². The van der Waals surface area contributed by atoms with Gasteiger partial charge < -0.3 is 19.2 Å². The Morgan fingerprint density at radius 1 is 1.16 bits per heavy atom. The van der Waals surface area contributed by atoms with Crippen LogP contribution >= 0.6 is 0 Å². The number of rotatable bonds is 4. The summed E-state index contributed by atoms with van der Waals surface area (Å²) in [5.41, 5.74) is 0.753. The molecule has 1 aromatic heterocycles. The number of carbonyl (C=O) groups excluding carboxylic acids is 1. The van der Waals surface area contributed by atoms with Crippen LogP contribution in [0.3, 0.4) is 0 Å². The van der Waals surface area contributed by atoms with Crippen LogP contribution in [-0.2, 0) is 0 Å². The zero-order valence-corrected chi connectivity index (χ0v) is 13.5. The first-order chi connectivity index (χ1) is 12.2. The smallest absolute Gasteiger partial charge is 0.231 e. The van der Waals surface area contributed by atoms with Crippen molar-refractivity contribution in [3.63, 3.8) is 0 Å². The lowest BCUT2D eigenvalue weighted by molar-refractivity contribution is 0.103. The average molecular weight is 337 g/mol. The van der Waals surface area contributed by atoms with Crippen molar-refractivity contribution in [3.05, 3.63) is 63.9 Å². The molecule has 126 valence electrons. The Morgan fingerprint density at radius 3 is 2.84 bits per heavy atom. The Hall–Kier alpha value is -3.28. The van der Waals surface area contributed by atoms with E-state index in [9.17, 15) is 9.59 Å². The van der Waals surface area contributed by atoms with E-state index in [2.05, 4.69) is 4.98 Å². The third kappa shape index (κ3) is 2.61. The van der Waals surface area contributed by atoms with Gasteiger partial charge in [-0.15, -0.1) is 0 Å². The molecule has 0 saturated carbocycles. The lowest BCUT2D eigenvalue weighted by Crippen LogP contribution is -2.16. The maximum absolute atomic E-state index is 12.8. The summed E-state index contributed by atoms with van der Waals surface area (Å²) in [7, 11) is 0. The van der Waals surface area contributed by atoms with Gasteiger partial charge in [-0.1, -0.05) is 0 Å². The van der Waals surface area contributed by atoms with E-state index in [-0.39, 0.29) is 23.6 Å². The Kier molecular flexibility index (Phi) is 3.65. The molecule has 6 nitrogen and oxygen atoms in total. The number of hydrogen-bond acceptors (Lipinski definition) is 5. The Morgan fingerprint density at radius 2 is 2.00 bits per heavy atom. The van der Waals surface area contributed by atoms with E-state index < -0.39 is 0 Å². The van der Waals surface area contributed by atoms with Crippen LogP contribution in [0.1, 0.15) is 22.8 Å². The van der Waals surface area contributed by atoms with E-state index >= 15 is 0 Å². The number of ether oxygens (including phenoxy) is 3. The van der Waals surface area contributed by atoms with E-state index in [1.165, 1.54) is 6.20 Å². The summed E-state index contributed by atoms with van der Waals surface area (Å²) in [6.45, 7) is 2.50. The minimum atomic E-state index is -0.372. The van der Waals surface area contributed by atoms with Gasteiger partial charge in [-0.3, -0.25) is 9.59 Å². The molecule has 0 amide bonds. The molecule has 0 atom stereocenters. The molecular formula is C19H15NO5. The molecule has 0 spiro atoms. The number of nitrogens with one attached hydrogen (secondary N) is 1. The number of pyridine rings is 1. The van der Waals surface area contributed by atoms with Crippen molar-refractivity contribution in [3.8, 4) is 17.2 Å². The fourth-order valence-corrected chi connectivity index (χ4v) is 2.82. The number of H-pyrrole nitrogens is 1. The fraction of sp³-hybridized carbons (Fsp3) is 0.158. The summed E-state index contributed by atoms with van der Waals surface area (Å²) in [6, 6.07) is 10.1. The largest absolute Gasteiger partial charge is 0.494 e. The number of hydrogen-bond donors (Lipinski definition) is 1. The molecule has 0 bridgehead atoms. The Balaban J connectivity index is 1.79. The van der Waals surface area contributed by atoms with Gasteiger partial charge in [0.2, 0.25) is 12.2 Å². The molecule has 6 heteroatoms. The first kappa shape index (κ1) is 15.3. The molecule has 0 fully saturated rings. The van der Waals surface area contributed by atoms with Gasteiger partial charge in [0.1, 0.15) is 5.75 Å². The van der Waals surface area contributed by atoms with Crippen molar-refractivity contribution < 1.29 is 19.0 Å². The SMILES string of the molecule is CCOc1ccc2[nH]cc(C(=O)c3ccc4c(c3)OCO4)c(=O)c2c1. The predicted octanol–water partition coefficient (Wildman–Crippen LogP) is 2.89. The molecule has 1 N–H and O–H groups in total. The number of fused-ring (bicyclic) bond motifs is 2. The maximum Gasteiger partial charge on any atom is 0.231 e. The van der Waals surface area contributed by atoms with Crippen molar-refractivity contribution >= 4 is 16.7 Å². The molecule has 2 heterocycles. The van der Waals surface area contributed by atoms with Crippen molar-refractivity contribution in [1.29, 1.82) is 0 Å². The zero-order chi connectivity index (χ0) is 17.4. The molecule has 3 aromatic rings. The van der Waals surface area contributed by atoms with E-state index in [1.807, 2.05) is 6.92 Å². The second-order valence-electron chi connectivity index (χ2n) is 5.57. The topological polar surface area (TPSA) is 77.6 Å². The van der Waals surface area contributed by atoms with Gasteiger partial charge in [0, 0.05) is 22.7 Å².